The lowest BCUT2D eigenvalue weighted by atomic mass is 10.1. The number of aliphatic carboxylic acids is 1. The molecule has 0 radical (unpaired) electrons. The van der Waals surface area contributed by atoms with Crippen molar-refractivity contribution in [3.8, 4) is 0 Å². The van der Waals surface area contributed by atoms with E-state index in [0.29, 0.717) is 6.42 Å². The van der Waals surface area contributed by atoms with Crippen LogP contribution in [0.1, 0.15) is 17.0 Å². The fourth-order valence-electron chi connectivity index (χ4n) is 2.38. The lowest BCUT2D eigenvalue weighted by Crippen LogP contribution is -1.96. The van der Waals surface area contributed by atoms with Gasteiger partial charge >= 0.3 is 5.97 Å². The molecule has 0 spiro atoms. The van der Waals surface area contributed by atoms with E-state index in [1.54, 1.807) is 0 Å². The van der Waals surface area contributed by atoms with E-state index in [1.165, 1.54) is 16.7 Å². The molecule has 0 aliphatic rings. The van der Waals surface area contributed by atoms with Crippen LogP contribution in [0.25, 0.3) is 10.8 Å². The Kier molecular flexibility index (Phi) is 4.06. The van der Waals surface area contributed by atoms with Crippen LogP contribution in [0, 0.1) is 6.92 Å². The molecule has 3 aromatic rings. The average molecular weight is 312 g/mol. The van der Waals surface area contributed by atoms with Crippen molar-refractivity contribution in [3.63, 3.8) is 0 Å². The van der Waals surface area contributed by atoms with Crippen molar-refractivity contribution in [2.45, 2.75) is 19.8 Å². The van der Waals surface area contributed by atoms with Gasteiger partial charge in [-0.1, -0.05) is 36.4 Å². The minimum absolute atomic E-state index is 0.136. The molecule has 0 bridgehead atoms. The normalized spacial score (nSPS) is 10.8. The number of nitrogens with zero attached hydrogens (tertiary/aromatic N) is 1. The van der Waals surface area contributed by atoms with Gasteiger partial charge in [0.15, 0.2) is 5.13 Å². The average Bonchev–Trinajstić information content (AvgIpc) is 2.85. The van der Waals surface area contributed by atoms with Gasteiger partial charge in [-0.3, -0.25) is 4.79 Å². The zero-order valence-corrected chi connectivity index (χ0v) is 13.0. The second kappa shape index (κ2) is 6.15. The van der Waals surface area contributed by atoms with E-state index in [1.807, 2.05) is 31.2 Å². The van der Waals surface area contributed by atoms with Gasteiger partial charge in [-0.05, 0) is 24.8 Å². The van der Waals surface area contributed by atoms with E-state index < -0.39 is 5.97 Å². The van der Waals surface area contributed by atoms with Gasteiger partial charge in [0, 0.05) is 16.0 Å². The Labute approximate surface area is 132 Å². The van der Waals surface area contributed by atoms with E-state index in [0.717, 1.165) is 26.8 Å². The smallest absolute Gasteiger partial charge is 0.303 e. The molecule has 3 rings (SSSR count). The van der Waals surface area contributed by atoms with Crippen molar-refractivity contribution >= 4 is 38.9 Å². The summed E-state index contributed by atoms with van der Waals surface area (Å²) in [6.07, 6.45) is 0.660. The number of benzene rings is 2. The molecule has 0 unspecified atom stereocenters. The molecule has 0 aliphatic carbocycles. The molecule has 0 fully saturated rings. The predicted molar refractivity (Wildman–Crippen MR) is 90.0 cm³/mol. The summed E-state index contributed by atoms with van der Waals surface area (Å²) in [6, 6.07) is 14.3. The first-order valence-corrected chi connectivity index (χ1v) is 7.88. The molecule has 2 N–H and O–H groups in total. The minimum Gasteiger partial charge on any atom is -0.481 e. The van der Waals surface area contributed by atoms with Crippen LogP contribution in [0.3, 0.4) is 0 Å². The Hall–Kier alpha value is -2.40. The number of anilines is 2. The van der Waals surface area contributed by atoms with E-state index in [9.17, 15) is 4.79 Å². The summed E-state index contributed by atoms with van der Waals surface area (Å²) in [4.78, 5) is 16.2. The predicted octanol–water partition coefficient (Wildman–Crippen LogP) is 4.37. The highest BCUT2D eigenvalue weighted by Crippen LogP contribution is 2.30. The summed E-state index contributed by atoms with van der Waals surface area (Å²) in [5.74, 6) is -0.781. The third kappa shape index (κ3) is 3.09. The molecule has 0 saturated carbocycles. The largest absolute Gasteiger partial charge is 0.481 e. The summed E-state index contributed by atoms with van der Waals surface area (Å²) in [5.41, 5.74) is 1.91. The number of fused-ring (bicyclic) bond motifs is 1. The van der Waals surface area contributed by atoms with Gasteiger partial charge < -0.3 is 10.4 Å². The van der Waals surface area contributed by atoms with Crippen molar-refractivity contribution in [2.75, 3.05) is 5.32 Å². The van der Waals surface area contributed by atoms with Crippen molar-refractivity contribution in [3.05, 3.63) is 53.0 Å². The van der Waals surface area contributed by atoms with Gasteiger partial charge in [0.25, 0.3) is 0 Å². The van der Waals surface area contributed by atoms with Crippen LogP contribution >= 0.6 is 11.3 Å². The number of aryl methyl sites for hydroxylation is 2. The topological polar surface area (TPSA) is 62.2 Å². The van der Waals surface area contributed by atoms with Crippen LogP contribution in [0.5, 0.6) is 0 Å². The van der Waals surface area contributed by atoms with Crippen molar-refractivity contribution in [1.29, 1.82) is 0 Å². The maximum absolute atomic E-state index is 10.7. The standard InChI is InChI=1S/C17H16N2O2S/c1-11-15(9-10-16(20)21)22-17(18-11)19-14-8-4-6-12-5-2-3-7-13(12)14/h2-8H,9-10H2,1H3,(H,18,19)(H,20,21). The number of carboxylic acid groups (broad SMARTS) is 1. The zero-order valence-electron chi connectivity index (χ0n) is 12.2. The third-order valence-electron chi connectivity index (χ3n) is 3.49. The summed E-state index contributed by atoms with van der Waals surface area (Å²) >= 11 is 1.52. The monoisotopic (exact) mass is 312 g/mol. The van der Waals surface area contributed by atoms with Gasteiger partial charge in [0.2, 0.25) is 0 Å². The van der Waals surface area contributed by atoms with E-state index in [-0.39, 0.29) is 6.42 Å². The number of carbonyl (C=O) groups is 1. The fraction of sp³-hybridized carbons (Fsp3) is 0.176. The van der Waals surface area contributed by atoms with E-state index in [4.69, 9.17) is 5.11 Å². The van der Waals surface area contributed by atoms with Crippen LogP contribution in [0.2, 0.25) is 0 Å². The number of hydrogen-bond donors (Lipinski definition) is 2. The minimum atomic E-state index is -0.781. The van der Waals surface area contributed by atoms with Gasteiger partial charge in [-0.2, -0.15) is 0 Å². The molecule has 4 nitrogen and oxygen atoms in total. The molecular weight excluding hydrogens is 296 g/mol. The van der Waals surface area contributed by atoms with Gasteiger partial charge in [0.05, 0.1) is 12.1 Å². The molecule has 1 aromatic heterocycles. The second-order valence-electron chi connectivity index (χ2n) is 5.07. The fourth-order valence-corrected chi connectivity index (χ4v) is 3.36. The van der Waals surface area contributed by atoms with E-state index in [2.05, 4.69) is 28.5 Å². The first kappa shape index (κ1) is 14.5. The molecule has 0 amide bonds. The number of nitrogens with one attached hydrogen (secondary N) is 1. The molecule has 112 valence electrons. The Balaban J connectivity index is 1.86. The van der Waals surface area contributed by atoms with E-state index >= 15 is 0 Å². The highest BCUT2D eigenvalue weighted by molar-refractivity contribution is 7.15. The van der Waals surface area contributed by atoms with Crippen LogP contribution < -0.4 is 5.32 Å². The highest BCUT2D eigenvalue weighted by atomic mass is 32.1. The van der Waals surface area contributed by atoms with Gasteiger partial charge in [-0.15, -0.1) is 11.3 Å². The lowest BCUT2D eigenvalue weighted by molar-refractivity contribution is -0.136. The van der Waals surface area contributed by atoms with Crippen molar-refractivity contribution in [2.24, 2.45) is 0 Å². The third-order valence-corrected chi connectivity index (χ3v) is 4.62. The first-order valence-electron chi connectivity index (χ1n) is 7.06. The Bertz CT molecular complexity index is 821. The molecule has 2 aromatic carbocycles. The molecule has 0 atom stereocenters. The Morgan fingerprint density at radius 2 is 2.00 bits per heavy atom. The number of aromatic nitrogens is 1. The number of hydrogen-bond acceptors (Lipinski definition) is 4. The first-order chi connectivity index (χ1) is 10.6. The lowest BCUT2D eigenvalue weighted by Gasteiger charge is -2.06. The zero-order chi connectivity index (χ0) is 15.5. The molecule has 0 aliphatic heterocycles. The Morgan fingerprint density at radius 1 is 1.23 bits per heavy atom. The number of carboxylic acids is 1. The SMILES string of the molecule is Cc1nc(Nc2cccc3ccccc23)sc1CCC(=O)O. The highest BCUT2D eigenvalue weighted by Gasteiger charge is 2.10. The molecule has 0 saturated heterocycles. The van der Waals surface area contributed by atoms with Crippen LogP contribution in [0.4, 0.5) is 10.8 Å². The Morgan fingerprint density at radius 3 is 2.82 bits per heavy atom. The maximum Gasteiger partial charge on any atom is 0.303 e. The molecule has 1 heterocycles. The quantitative estimate of drug-likeness (QED) is 0.734. The molecular formula is C17H16N2O2S. The summed E-state index contributed by atoms with van der Waals surface area (Å²) in [6.45, 7) is 1.92. The maximum atomic E-state index is 10.7. The van der Waals surface area contributed by atoms with Crippen LogP contribution in [0.15, 0.2) is 42.5 Å². The second-order valence-corrected chi connectivity index (χ2v) is 6.16. The van der Waals surface area contributed by atoms with Crippen molar-refractivity contribution in [1.82, 2.24) is 4.98 Å². The number of thiazole rings is 1. The summed E-state index contributed by atoms with van der Waals surface area (Å²) < 4.78 is 0. The number of rotatable bonds is 5. The van der Waals surface area contributed by atoms with Crippen LogP contribution in [-0.2, 0) is 11.2 Å². The summed E-state index contributed by atoms with van der Waals surface area (Å²) in [5, 5.41) is 15.3. The van der Waals surface area contributed by atoms with Crippen molar-refractivity contribution < 1.29 is 9.90 Å². The molecule has 5 heteroatoms. The molecule has 22 heavy (non-hydrogen) atoms. The summed E-state index contributed by atoms with van der Waals surface area (Å²) in [7, 11) is 0. The van der Waals surface area contributed by atoms with Gasteiger partial charge in [0.1, 0.15) is 0 Å². The van der Waals surface area contributed by atoms with Gasteiger partial charge in [-0.25, -0.2) is 4.98 Å². The van der Waals surface area contributed by atoms with Crippen LogP contribution in [-0.4, -0.2) is 16.1 Å².